The molecule has 0 unspecified atom stereocenters. The Hall–Kier alpha value is -2.97. The lowest BCUT2D eigenvalue weighted by molar-refractivity contribution is -0.117. The lowest BCUT2D eigenvalue weighted by Gasteiger charge is -2.30. The van der Waals surface area contributed by atoms with Gasteiger partial charge < -0.3 is 5.32 Å². The van der Waals surface area contributed by atoms with Gasteiger partial charge in [-0.25, -0.2) is 13.8 Å². The third-order valence-corrected chi connectivity index (χ3v) is 6.35. The van der Waals surface area contributed by atoms with Crippen molar-refractivity contribution in [2.75, 3.05) is 25.0 Å². The van der Waals surface area contributed by atoms with Gasteiger partial charge in [-0.2, -0.15) is 0 Å². The predicted molar refractivity (Wildman–Crippen MR) is 121 cm³/mol. The van der Waals surface area contributed by atoms with Gasteiger partial charge in [0.15, 0.2) is 5.78 Å². The number of hydrogen-bond acceptors (Lipinski definition) is 5. The van der Waals surface area contributed by atoms with Crippen molar-refractivity contribution in [1.82, 2.24) is 9.88 Å². The van der Waals surface area contributed by atoms with E-state index in [2.05, 4.69) is 10.3 Å². The van der Waals surface area contributed by atoms with Crippen molar-refractivity contribution in [2.45, 2.75) is 19.8 Å². The SMILES string of the molecule is Cc1nc(-c2cccc(NC(=O)CN3CCC(C(=O)c4cc(F)ccc4F)CC3)c2)cs1. The quantitative estimate of drug-likeness (QED) is 0.536. The first-order valence-corrected chi connectivity index (χ1v) is 11.3. The topological polar surface area (TPSA) is 62.3 Å². The number of aryl methyl sites for hydroxylation is 1. The van der Waals surface area contributed by atoms with Crippen LogP contribution in [-0.2, 0) is 4.79 Å². The van der Waals surface area contributed by atoms with E-state index in [4.69, 9.17) is 0 Å². The third-order valence-electron chi connectivity index (χ3n) is 5.58. The Labute approximate surface area is 189 Å². The molecular formula is C24H23F2N3O2S. The van der Waals surface area contributed by atoms with E-state index in [1.54, 1.807) is 11.3 Å². The van der Waals surface area contributed by atoms with Crippen LogP contribution in [0.4, 0.5) is 14.5 Å². The molecule has 3 aromatic rings. The van der Waals surface area contributed by atoms with Crippen molar-refractivity contribution in [3.8, 4) is 11.3 Å². The fourth-order valence-corrected chi connectivity index (χ4v) is 4.54. The minimum absolute atomic E-state index is 0.141. The number of carbonyl (C=O) groups is 2. The van der Waals surface area contributed by atoms with Crippen LogP contribution in [0.1, 0.15) is 28.2 Å². The zero-order chi connectivity index (χ0) is 22.7. The van der Waals surface area contributed by atoms with Gasteiger partial charge in [-0.15, -0.1) is 11.3 Å². The van der Waals surface area contributed by atoms with Crippen LogP contribution in [0.3, 0.4) is 0 Å². The van der Waals surface area contributed by atoms with Gasteiger partial charge in [0.25, 0.3) is 0 Å². The average molecular weight is 456 g/mol. The number of likely N-dealkylation sites (tertiary alicyclic amines) is 1. The van der Waals surface area contributed by atoms with Crippen molar-refractivity contribution in [3.05, 3.63) is 70.1 Å². The molecule has 1 aromatic heterocycles. The molecule has 0 saturated carbocycles. The van der Waals surface area contributed by atoms with Crippen LogP contribution in [0.5, 0.6) is 0 Å². The van der Waals surface area contributed by atoms with Gasteiger partial charge in [0, 0.05) is 22.5 Å². The zero-order valence-corrected chi connectivity index (χ0v) is 18.4. The van der Waals surface area contributed by atoms with Crippen molar-refractivity contribution in [2.24, 2.45) is 5.92 Å². The van der Waals surface area contributed by atoms with Crippen molar-refractivity contribution >= 4 is 28.7 Å². The fraction of sp³-hybridized carbons (Fsp3) is 0.292. The lowest BCUT2D eigenvalue weighted by atomic mass is 9.88. The van der Waals surface area contributed by atoms with Gasteiger partial charge in [0.05, 0.1) is 22.8 Å². The molecule has 8 heteroatoms. The maximum Gasteiger partial charge on any atom is 0.238 e. The second kappa shape index (κ2) is 9.67. The third kappa shape index (κ3) is 5.26. The molecule has 4 rings (SSSR count). The normalized spacial score (nSPS) is 15.0. The lowest BCUT2D eigenvalue weighted by Crippen LogP contribution is -2.40. The molecule has 0 spiro atoms. The van der Waals surface area contributed by atoms with Crippen LogP contribution in [0.2, 0.25) is 0 Å². The molecular weight excluding hydrogens is 432 g/mol. The summed E-state index contributed by atoms with van der Waals surface area (Å²) in [5, 5.41) is 5.88. The van der Waals surface area contributed by atoms with Gasteiger partial charge in [-0.1, -0.05) is 12.1 Å². The molecule has 1 amide bonds. The maximum absolute atomic E-state index is 13.9. The van der Waals surface area contributed by atoms with Gasteiger partial charge in [0.1, 0.15) is 11.6 Å². The van der Waals surface area contributed by atoms with Crippen LogP contribution in [0, 0.1) is 24.5 Å². The Kier molecular flexibility index (Phi) is 6.72. The van der Waals surface area contributed by atoms with E-state index in [0.717, 1.165) is 34.5 Å². The number of amides is 1. The van der Waals surface area contributed by atoms with Gasteiger partial charge >= 0.3 is 0 Å². The highest BCUT2D eigenvalue weighted by atomic mass is 32.1. The van der Waals surface area contributed by atoms with Crippen LogP contribution in [0.15, 0.2) is 47.8 Å². The Bertz CT molecular complexity index is 1140. The van der Waals surface area contributed by atoms with Gasteiger partial charge in [-0.3, -0.25) is 14.5 Å². The summed E-state index contributed by atoms with van der Waals surface area (Å²) in [6.07, 6.45) is 1.00. The minimum Gasteiger partial charge on any atom is -0.325 e. The van der Waals surface area contributed by atoms with E-state index in [1.807, 2.05) is 41.5 Å². The summed E-state index contributed by atoms with van der Waals surface area (Å²) in [7, 11) is 0. The minimum atomic E-state index is -0.701. The molecule has 0 atom stereocenters. The first-order valence-electron chi connectivity index (χ1n) is 10.4. The molecule has 0 bridgehead atoms. The predicted octanol–water partition coefficient (Wildman–Crippen LogP) is 4.93. The molecule has 1 aliphatic rings. The zero-order valence-electron chi connectivity index (χ0n) is 17.6. The Morgan fingerprint density at radius 1 is 1.16 bits per heavy atom. The molecule has 2 heterocycles. The monoisotopic (exact) mass is 455 g/mol. The number of ketones is 1. The van der Waals surface area contributed by atoms with Crippen LogP contribution >= 0.6 is 11.3 Å². The summed E-state index contributed by atoms with van der Waals surface area (Å²) in [5.74, 6) is -2.22. The molecule has 1 fully saturated rings. The van der Waals surface area contributed by atoms with Crippen LogP contribution < -0.4 is 5.32 Å². The molecule has 166 valence electrons. The highest BCUT2D eigenvalue weighted by Crippen LogP contribution is 2.25. The summed E-state index contributed by atoms with van der Waals surface area (Å²) in [6.45, 7) is 3.23. The van der Waals surface area contributed by atoms with E-state index in [0.29, 0.717) is 31.6 Å². The Balaban J connectivity index is 1.30. The standard InChI is InChI=1S/C24H23F2N3O2S/c1-15-27-22(14-32-15)17-3-2-4-19(11-17)28-23(30)13-29-9-7-16(8-10-29)24(31)20-12-18(25)5-6-21(20)26/h2-6,11-12,14,16H,7-10,13H2,1H3,(H,28,30). The molecule has 1 N–H and O–H groups in total. The van der Waals surface area contributed by atoms with E-state index < -0.39 is 11.6 Å². The summed E-state index contributed by atoms with van der Waals surface area (Å²) < 4.78 is 27.3. The fourth-order valence-electron chi connectivity index (χ4n) is 3.92. The summed E-state index contributed by atoms with van der Waals surface area (Å²) in [5.41, 5.74) is 2.32. The van der Waals surface area contributed by atoms with Crippen molar-refractivity contribution in [3.63, 3.8) is 0 Å². The van der Waals surface area contributed by atoms with E-state index in [-0.39, 0.29) is 29.7 Å². The smallest absolute Gasteiger partial charge is 0.238 e. The first-order chi connectivity index (χ1) is 15.4. The first kappa shape index (κ1) is 22.2. The van der Waals surface area contributed by atoms with Gasteiger partial charge in [0.2, 0.25) is 5.91 Å². The highest BCUT2D eigenvalue weighted by Gasteiger charge is 2.28. The molecule has 2 aromatic carbocycles. The van der Waals surface area contributed by atoms with Gasteiger partial charge in [-0.05, 0) is 63.2 Å². The molecule has 1 aliphatic heterocycles. The van der Waals surface area contributed by atoms with Crippen LogP contribution in [-0.4, -0.2) is 41.2 Å². The highest BCUT2D eigenvalue weighted by molar-refractivity contribution is 7.09. The number of carbonyl (C=O) groups excluding carboxylic acids is 2. The number of aromatic nitrogens is 1. The van der Waals surface area contributed by atoms with Crippen molar-refractivity contribution < 1.29 is 18.4 Å². The number of thiazole rings is 1. The molecule has 32 heavy (non-hydrogen) atoms. The number of piperidine rings is 1. The molecule has 0 aliphatic carbocycles. The average Bonchev–Trinajstić information content (AvgIpc) is 3.22. The van der Waals surface area contributed by atoms with Crippen molar-refractivity contribution in [1.29, 1.82) is 0 Å². The second-order valence-electron chi connectivity index (χ2n) is 7.92. The van der Waals surface area contributed by atoms with E-state index in [1.165, 1.54) is 0 Å². The summed E-state index contributed by atoms with van der Waals surface area (Å²) >= 11 is 1.58. The number of halogens is 2. The van der Waals surface area contributed by atoms with E-state index >= 15 is 0 Å². The number of benzene rings is 2. The second-order valence-corrected chi connectivity index (χ2v) is 8.98. The largest absolute Gasteiger partial charge is 0.325 e. The number of nitrogens with zero attached hydrogens (tertiary/aromatic N) is 2. The van der Waals surface area contributed by atoms with E-state index in [9.17, 15) is 18.4 Å². The Morgan fingerprint density at radius 3 is 2.66 bits per heavy atom. The molecule has 5 nitrogen and oxygen atoms in total. The number of hydrogen-bond donors (Lipinski definition) is 1. The number of Topliss-reactive ketones (excluding diaryl/α,β-unsaturated/α-hetero) is 1. The maximum atomic E-state index is 13.9. The Morgan fingerprint density at radius 2 is 1.94 bits per heavy atom. The number of rotatable bonds is 6. The molecule has 1 saturated heterocycles. The summed E-state index contributed by atoms with van der Waals surface area (Å²) in [6, 6.07) is 10.5. The summed E-state index contributed by atoms with van der Waals surface area (Å²) in [4.78, 5) is 31.6. The number of nitrogens with one attached hydrogen (secondary N) is 1. The number of anilines is 1. The van der Waals surface area contributed by atoms with Crippen LogP contribution in [0.25, 0.3) is 11.3 Å². The molecule has 0 radical (unpaired) electrons.